The normalized spacial score (nSPS) is 18.6. The number of nitrogens with one attached hydrogen (secondary N) is 2. The third kappa shape index (κ3) is 6.38. The van der Waals surface area contributed by atoms with Gasteiger partial charge in [-0.05, 0) is 24.0 Å². The number of guanidine groups is 1. The van der Waals surface area contributed by atoms with Gasteiger partial charge in [0.1, 0.15) is 0 Å². The molecule has 1 aliphatic rings. The van der Waals surface area contributed by atoms with Crippen molar-refractivity contribution < 1.29 is 22.6 Å². The third-order valence-corrected chi connectivity index (χ3v) is 5.29. The summed E-state index contributed by atoms with van der Waals surface area (Å²) in [7, 11) is 3.40. The van der Waals surface area contributed by atoms with E-state index in [0.29, 0.717) is 44.2 Å². The molecule has 0 aromatic heterocycles. The molecule has 8 heteroatoms. The van der Waals surface area contributed by atoms with Crippen LogP contribution in [0.15, 0.2) is 29.3 Å². The molecular formula is C20H30F3N3O2. The number of hydrogen-bond donors (Lipinski definition) is 2. The average molecular weight is 401 g/mol. The minimum atomic E-state index is -4.32. The minimum absolute atomic E-state index is 0.00582. The van der Waals surface area contributed by atoms with E-state index in [0.717, 1.165) is 18.9 Å². The molecule has 1 heterocycles. The van der Waals surface area contributed by atoms with E-state index in [9.17, 15) is 13.2 Å². The number of methoxy groups -OCH3 is 1. The molecule has 2 rings (SSSR count). The molecule has 0 spiro atoms. The minimum Gasteiger partial charge on any atom is -0.381 e. The van der Waals surface area contributed by atoms with Crippen LogP contribution < -0.4 is 10.6 Å². The van der Waals surface area contributed by atoms with Gasteiger partial charge in [-0.1, -0.05) is 25.1 Å². The Balaban J connectivity index is 1.82. The summed E-state index contributed by atoms with van der Waals surface area (Å²) in [5.74, 6) is 0.646. The Morgan fingerprint density at radius 1 is 1.29 bits per heavy atom. The Morgan fingerprint density at radius 3 is 2.61 bits per heavy atom. The molecule has 1 atom stereocenters. The van der Waals surface area contributed by atoms with Crippen molar-refractivity contribution >= 4 is 5.96 Å². The lowest BCUT2D eigenvalue weighted by atomic mass is 9.94. The summed E-state index contributed by atoms with van der Waals surface area (Å²) < 4.78 is 49.7. The van der Waals surface area contributed by atoms with Crippen molar-refractivity contribution in [1.82, 2.24) is 10.6 Å². The number of nitrogens with zero attached hydrogens (tertiary/aromatic N) is 1. The molecule has 0 bridgehead atoms. The lowest BCUT2D eigenvalue weighted by molar-refractivity contribution is -0.137. The summed E-state index contributed by atoms with van der Waals surface area (Å²) in [5, 5.41) is 6.51. The smallest absolute Gasteiger partial charge is 0.381 e. The van der Waals surface area contributed by atoms with Crippen molar-refractivity contribution in [2.75, 3.05) is 40.5 Å². The molecule has 1 unspecified atom stereocenters. The number of benzene rings is 1. The highest BCUT2D eigenvalue weighted by molar-refractivity contribution is 5.79. The fourth-order valence-electron chi connectivity index (χ4n) is 3.26. The van der Waals surface area contributed by atoms with Gasteiger partial charge in [0.15, 0.2) is 5.96 Å². The molecule has 1 aromatic carbocycles. The third-order valence-electron chi connectivity index (χ3n) is 5.29. The van der Waals surface area contributed by atoms with Crippen LogP contribution in [0.25, 0.3) is 0 Å². The zero-order chi connectivity index (χ0) is 20.6. The fraction of sp³-hybridized carbons (Fsp3) is 0.650. The number of ether oxygens (including phenoxy) is 2. The van der Waals surface area contributed by atoms with E-state index in [1.165, 1.54) is 12.1 Å². The van der Waals surface area contributed by atoms with Crippen LogP contribution in [-0.4, -0.2) is 52.0 Å². The number of hydrogen-bond acceptors (Lipinski definition) is 3. The van der Waals surface area contributed by atoms with Crippen molar-refractivity contribution in [2.24, 2.45) is 4.99 Å². The topological polar surface area (TPSA) is 54.9 Å². The Morgan fingerprint density at radius 2 is 2.00 bits per heavy atom. The standard InChI is InChI=1S/C20H30F3N3O2/c1-15(16-5-4-6-17(13-16)20(21,22)23)7-10-25-18(24-2)26-14-19(27-3)8-11-28-12-9-19/h4-6,13,15H,7-12,14H2,1-3H3,(H2,24,25,26). The van der Waals surface area contributed by atoms with E-state index in [-0.39, 0.29) is 11.5 Å². The maximum Gasteiger partial charge on any atom is 0.416 e. The molecule has 0 saturated carbocycles. The van der Waals surface area contributed by atoms with E-state index in [4.69, 9.17) is 9.47 Å². The van der Waals surface area contributed by atoms with Crippen LogP contribution in [0.2, 0.25) is 0 Å². The summed E-state index contributed by atoms with van der Waals surface area (Å²) in [6.45, 7) is 4.50. The van der Waals surface area contributed by atoms with Gasteiger partial charge in [0, 0.05) is 53.3 Å². The summed E-state index contributed by atoms with van der Waals surface area (Å²) in [6.07, 6.45) is -1.99. The SMILES string of the molecule is CN=C(NCCC(C)c1cccc(C(F)(F)F)c1)NCC1(OC)CCOCC1. The lowest BCUT2D eigenvalue weighted by Crippen LogP contribution is -2.50. The number of halogens is 3. The first-order valence-electron chi connectivity index (χ1n) is 9.54. The summed E-state index contributed by atoms with van der Waals surface area (Å²) in [6, 6.07) is 5.52. The molecular weight excluding hydrogens is 371 g/mol. The van der Waals surface area contributed by atoms with Crippen molar-refractivity contribution in [3.8, 4) is 0 Å². The van der Waals surface area contributed by atoms with Crippen LogP contribution in [0.1, 0.15) is 43.2 Å². The van der Waals surface area contributed by atoms with Gasteiger partial charge in [-0.3, -0.25) is 4.99 Å². The highest BCUT2D eigenvalue weighted by Gasteiger charge is 2.32. The van der Waals surface area contributed by atoms with Crippen molar-refractivity contribution in [2.45, 2.75) is 43.9 Å². The maximum absolute atomic E-state index is 12.9. The van der Waals surface area contributed by atoms with E-state index in [2.05, 4.69) is 15.6 Å². The first kappa shape index (κ1) is 22.5. The van der Waals surface area contributed by atoms with Gasteiger partial charge < -0.3 is 20.1 Å². The van der Waals surface area contributed by atoms with Crippen LogP contribution in [-0.2, 0) is 15.7 Å². The zero-order valence-corrected chi connectivity index (χ0v) is 16.7. The van der Waals surface area contributed by atoms with Crippen LogP contribution in [0.5, 0.6) is 0 Å². The molecule has 0 radical (unpaired) electrons. The summed E-state index contributed by atoms with van der Waals surface area (Å²) in [4.78, 5) is 4.21. The van der Waals surface area contributed by atoms with E-state index < -0.39 is 11.7 Å². The molecule has 0 amide bonds. The second-order valence-corrected chi connectivity index (χ2v) is 7.16. The van der Waals surface area contributed by atoms with Crippen LogP contribution in [0, 0.1) is 0 Å². The van der Waals surface area contributed by atoms with E-state index in [1.807, 2.05) is 6.92 Å². The van der Waals surface area contributed by atoms with Crippen molar-refractivity contribution in [3.05, 3.63) is 35.4 Å². The van der Waals surface area contributed by atoms with Crippen LogP contribution in [0.3, 0.4) is 0 Å². The van der Waals surface area contributed by atoms with Gasteiger partial charge in [0.2, 0.25) is 0 Å². The number of rotatable bonds is 7. The predicted octanol–water partition coefficient (Wildman–Crippen LogP) is 3.56. The Hall–Kier alpha value is -1.80. The molecule has 1 aromatic rings. The Labute approximate surface area is 164 Å². The molecule has 2 N–H and O–H groups in total. The van der Waals surface area contributed by atoms with Crippen molar-refractivity contribution in [3.63, 3.8) is 0 Å². The lowest BCUT2D eigenvalue weighted by Gasteiger charge is -2.36. The Kier molecular flexibility index (Phi) is 8.12. The number of aliphatic imine (C=N–C) groups is 1. The molecule has 0 aliphatic carbocycles. The van der Waals surface area contributed by atoms with Crippen LogP contribution in [0.4, 0.5) is 13.2 Å². The van der Waals surface area contributed by atoms with Crippen LogP contribution >= 0.6 is 0 Å². The predicted molar refractivity (Wildman–Crippen MR) is 104 cm³/mol. The maximum atomic E-state index is 12.9. The largest absolute Gasteiger partial charge is 0.416 e. The molecule has 1 aliphatic heterocycles. The van der Waals surface area contributed by atoms with Crippen molar-refractivity contribution in [1.29, 1.82) is 0 Å². The zero-order valence-electron chi connectivity index (χ0n) is 16.7. The first-order chi connectivity index (χ1) is 13.3. The van der Waals surface area contributed by atoms with Gasteiger partial charge in [0.25, 0.3) is 0 Å². The quantitative estimate of drug-likeness (QED) is 0.542. The van der Waals surface area contributed by atoms with Gasteiger partial charge >= 0.3 is 6.18 Å². The highest BCUT2D eigenvalue weighted by atomic mass is 19.4. The van der Waals surface area contributed by atoms with Gasteiger partial charge in [-0.2, -0.15) is 13.2 Å². The van der Waals surface area contributed by atoms with Gasteiger partial charge in [-0.15, -0.1) is 0 Å². The van der Waals surface area contributed by atoms with Gasteiger partial charge in [-0.25, -0.2) is 0 Å². The molecule has 5 nitrogen and oxygen atoms in total. The average Bonchev–Trinajstić information content (AvgIpc) is 2.70. The Bertz CT molecular complexity index is 644. The molecule has 28 heavy (non-hydrogen) atoms. The second kappa shape index (κ2) is 10.1. The first-order valence-corrected chi connectivity index (χ1v) is 9.54. The van der Waals surface area contributed by atoms with E-state index in [1.54, 1.807) is 20.2 Å². The monoisotopic (exact) mass is 401 g/mol. The van der Waals surface area contributed by atoms with E-state index >= 15 is 0 Å². The highest BCUT2D eigenvalue weighted by Crippen LogP contribution is 2.31. The second-order valence-electron chi connectivity index (χ2n) is 7.16. The molecule has 1 fully saturated rings. The van der Waals surface area contributed by atoms with Gasteiger partial charge in [0.05, 0.1) is 11.2 Å². The molecule has 1 saturated heterocycles. The molecule has 158 valence electrons. The summed E-state index contributed by atoms with van der Waals surface area (Å²) in [5.41, 5.74) is -0.190. The summed E-state index contributed by atoms with van der Waals surface area (Å²) >= 11 is 0. The number of alkyl halides is 3. The fourth-order valence-corrected chi connectivity index (χ4v) is 3.26.